The number of halogens is 1. The van der Waals surface area contributed by atoms with E-state index in [4.69, 9.17) is 9.47 Å². The zero-order chi connectivity index (χ0) is 12.3. The number of hydrogen-bond acceptors (Lipinski definition) is 3. The van der Waals surface area contributed by atoms with Gasteiger partial charge in [-0.25, -0.2) is 0 Å². The van der Waals surface area contributed by atoms with Crippen LogP contribution in [0.4, 0.5) is 0 Å². The Bertz CT molecular complexity index is 354. The largest absolute Gasteiger partial charge is 0.351 e. The summed E-state index contributed by atoms with van der Waals surface area (Å²) in [5.41, 5.74) is 1.21. The molecule has 0 unspecified atom stereocenters. The van der Waals surface area contributed by atoms with Crippen LogP contribution in [-0.4, -0.2) is 26.0 Å². The van der Waals surface area contributed by atoms with Crippen molar-refractivity contribution in [2.24, 2.45) is 0 Å². The van der Waals surface area contributed by atoms with Gasteiger partial charge in [-0.3, -0.25) is 0 Å². The molecule has 0 radical (unpaired) electrons. The van der Waals surface area contributed by atoms with E-state index >= 15 is 0 Å². The molecule has 0 aliphatic carbocycles. The summed E-state index contributed by atoms with van der Waals surface area (Å²) < 4.78 is 11.3. The maximum Gasteiger partial charge on any atom is 0.187 e. The van der Waals surface area contributed by atoms with E-state index in [0.717, 1.165) is 12.8 Å². The van der Waals surface area contributed by atoms with Gasteiger partial charge in [-0.1, -0.05) is 30.3 Å². The monoisotopic (exact) mass is 271 g/mol. The minimum absolute atomic E-state index is 0. The summed E-state index contributed by atoms with van der Waals surface area (Å²) in [6, 6.07) is 10.9. The normalized spacial score (nSPS) is 26.4. The molecule has 1 saturated heterocycles. The molecule has 0 saturated carbocycles. The Hall–Kier alpha value is -0.610. The van der Waals surface area contributed by atoms with Crippen molar-refractivity contribution in [1.82, 2.24) is 5.32 Å². The summed E-state index contributed by atoms with van der Waals surface area (Å²) in [5.74, 6) is -0.548. The Kier molecular flexibility index (Phi) is 5.60. The molecule has 1 fully saturated rings. The molecule has 102 valence electrons. The first-order chi connectivity index (χ1) is 8.22. The smallest absolute Gasteiger partial charge is 0.187 e. The van der Waals surface area contributed by atoms with Crippen LogP contribution in [-0.2, 0) is 9.47 Å². The third-order valence-corrected chi connectivity index (χ3v) is 3.64. The predicted octanol–water partition coefficient (Wildman–Crippen LogP) is 2.91. The number of nitrogens with one attached hydrogen (secondary N) is 1. The van der Waals surface area contributed by atoms with Crippen LogP contribution in [0.25, 0.3) is 0 Å². The number of rotatable bonds is 3. The van der Waals surface area contributed by atoms with Crippen molar-refractivity contribution in [2.75, 3.05) is 14.2 Å². The number of ether oxygens (including phenoxy) is 2. The Morgan fingerprint density at radius 1 is 1.17 bits per heavy atom. The fourth-order valence-corrected chi connectivity index (χ4v) is 2.58. The highest BCUT2D eigenvalue weighted by Crippen LogP contribution is 2.38. The lowest BCUT2D eigenvalue weighted by atomic mass is 9.88. The minimum Gasteiger partial charge on any atom is -0.351 e. The lowest BCUT2D eigenvalue weighted by Gasteiger charge is -2.44. The summed E-state index contributed by atoms with van der Waals surface area (Å²) in [5, 5.41) is 3.58. The number of benzene rings is 1. The van der Waals surface area contributed by atoms with Crippen LogP contribution in [0, 0.1) is 0 Å². The first-order valence-corrected chi connectivity index (χ1v) is 6.13. The highest BCUT2D eigenvalue weighted by Gasteiger charge is 2.43. The third kappa shape index (κ3) is 2.86. The van der Waals surface area contributed by atoms with E-state index in [1.54, 1.807) is 14.2 Å². The Morgan fingerprint density at radius 3 is 2.33 bits per heavy atom. The van der Waals surface area contributed by atoms with Crippen molar-refractivity contribution in [1.29, 1.82) is 0 Å². The minimum atomic E-state index is -0.548. The van der Waals surface area contributed by atoms with E-state index < -0.39 is 5.79 Å². The molecule has 0 aromatic heterocycles. The molecule has 2 atom stereocenters. The molecule has 1 aromatic rings. The van der Waals surface area contributed by atoms with Crippen LogP contribution in [0.1, 0.15) is 31.4 Å². The maximum atomic E-state index is 5.66. The molecule has 1 N–H and O–H groups in total. The van der Waals surface area contributed by atoms with Crippen LogP contribution >= 0.6 is 12.4 Å². The fourth-order valence-electron chi connectivity index (χ4n) is 2.58. The summed E-state index contributed by atoms with van der Waals surface area (Å²) >= 11 is 0. The van der Waals surface area contributed by atoms with E-state index in [2.05, 4.69) is 24.4 Å². The molecule has 18 heavy (non-hydrogen) atoms. The van der Waals surface area contributed by atoms with E-state index in [-0.39, 0.29) is 18.4 Å². The molecular formula is C14H22ClNO2. The first kappa shape index (κ1) is 15.4. The molecule has 0 amide bonds. The van der Waals surface area contributed by atoms with Crippen molar-refractivity contribution in [2.45, 2.75) is 37.6 Å². The molecule has 1 aliphatic rings. The van der Waals surface area contributed by atoms with Crippen LogP contribution in [0.15, 0.2) is 30.3 Å². The first-order valence-electron chi connectivity index (χ1n) is 6.13. The third-order valence-electron chi connectivity index (χ3n) is 3.64. The van der Waals surface area contributed by atoms with Gasteiger partial charge in [0, 0.05) is 26.7 Å². The number of piperidine rings is 1. The van der Waals surface area contributed by atoms with Gasteiger partial charge in [-0.15, -0.1) is 12.4 Å². The quantitative estimate of drug-likeness (QED) is 0.858. The summed E-state index contributed by atoms with van der Waals surface area (Å²) in [6.07, 6.45) is 1.97. The lowest BCUT2D eigenvalue weighted by molar-refractivity contribution is -0.242. The van der Waals surface area contributed by atoms with Gasteiger partial charge >= 0.3 is 0 Å². The summed E-state index contributed by atoms with van der Waals surface area (Å²) in [4.78, 5) is 0. The highest BCUT2D eigenvalue weighted by molar-refractivity contribution is 5.85. The second kappa shape index (κ2) is 6.53. The van der Waals surface area contributed by atoms with Crippen molar-refractivity contribution in [3.8, 4) is 0 Å². The second-order valence-corrected chi connectivity index (χ2v) is 4.67. The average Bonchev–Trinajstić information content (AvgIpc) is 2.40. The van der Waals surface area contributed by atoms with Gasteiger partial charge in [-0.05, 0) is 18.9 Å². The summed E-state index contributed by atoms with van der Waals surface area (Å²) in [7, 11) is 3.44. The van der Waals surface area contributed by atoms with Gasteiger partial charge in [0.1, 0.15) is 0 Å². The zero-order valence-electron chi connectivity index (χ0n) is 11.2. The van der Waals surface area contributed by atoms with Crippen LogP contribution < -0.4 is 5.32 Å². The second-order valence-electron chi connectivity index (χ2n) is 4.67. The van der Waals surface area contributed by atoms with Crippen molar-refractivity contribution in [3.63, 3.8) is 0 Å². The molecule has 3 nitrogen and oxygen atoms in total. The molecule has 2 rings (SSSR count). The molecule has 0 spiro atoms. The van der Waals surface area contributed by atoms with Crippen molar-refractivity contribution >= 4 is 12.4 Å². The van der Waals surface area contributed by atoms with Crippen LogP contribution in [0.5, 0.6) is 0 Å². The van der Waals surface area contributed by atoms with E-state index in [0.29, 0.717) is 6.04 Å². The summed E-state index contributed by atoms with van der Waals surface area (Å²) in [6.45, 7) is 2.20. The fraction of sp³-hybridized carbons (Fsp3) is 0.571. The van der Waals surface area contributed by atoms with Gasteiger partial charge in [0.05, 0.1) is 6.04 Å². The topological polar surface area (TPSA) is 30.5 Å². The predicted molar refractivity (Wildman–Crippen MR) is 75.0 cm³/mol. The molecule has 1 aromatic carbocycles. The molecule has 0 bridgehead atoms. The molecular weight excluding hydrogens is 250 g/mol. The van der Waals surface area contributed by atoms with Crippen molar-refractivity contribution < 1.29 is 9.47 Å². The van der Waals surface area contributed by atoms with Crippen molar-refractivity contribution in [3.05, 3.63) is 35.9 Å². The molecule has 1 aliphatic heterocycles. The van der Waals surface area contributed by atoms with Crippen LogP contribution in [0.3, 0.4) is 0 Å². The van der Waals surface area contributed by atoms with Gasteiger partial charge < -0.3 is 14.8 Å². The Balaban J connectivity index is 0.00000162. The van der Waals surface area contributed by atoms with Crippen LogP contribution in [0.2, 0.25) is 0 Å². The average molecular weight is 272 g/mol. The van der Waals surface area contributed by atoms with E-state index in [1.165, 1.54) is 5.56 Å². The SMILES string of the molecule is COC1(OC)CC[C@H](C)N[C@H]1c1ccccc1.Cl. The van der Waals surface area contributed by atoms with Gasteiger partial charge in [-0.2, -0.15) is 0 Å². The Morgan fingerprint density at radius 2 is 1.78 bits per heavy atom. The Labute approximate surface area is 115 Å². The molecule has 1 heterocycles. The van der Waals surface area contributed by atoms with E-state index in [1.807, 2.05) is 18.2 Å². The van der Waals surface area contributed by atoms with Gasteiger partial charge in [0.2, 0.25) is 0 Å². The van der Waals surface area contributed by atoms with Gasteiger partial charge in [0.25, 0.3) is 0 Å². The molecule has 4 heteroatoms. The lowest BCUT2D eigenvalue weighted by Crippen LogP contribution is -2.54. The van der Waals surface area contributed by atoms with E-state index in [9.17, 15) is 0 Å². The maximum absolute atomic E-state index is 5.66. The zero-order valence-corrected chi connectivity index (χ0v) is 12.0. The standard InChI is InChI=1S/C14H21NO2.ClH/c1-11-9-10-14(16-2,17-3)13(15-11)12-7-5-4-6-8-12;/h4-8,11,13,15H,9-10H2,1-3H3;1H/t11-,13-;/m0./s1. The van der Waals surface area contributed by atoms with Gasteiger partial charge in [0.15, 0.2) is 5.79 Å². The number of hydrogen-bond donors (Lipinski definition) is 1. The number of methoxy groups -OCH3 is 2. The highest BCUT2D eigenvalue weighted by atomic mass is 35.5.